The number of oxazole rings is 1. The number of hydrogen-bond donors (Lipinski definition) is 1. The van der Waals surface area contributed by atoms with Crippen molar-refractivity contribution in [3.63, 3.8) is 0 Å². The number of halogens is 1. The van der Waals surface area contributed by atoms with Crippen LogP contribution in [-0.2, 0) is 0 Å². The number of nitrogens with zero attached hydrogens (tertiary/aromatic N) is 1. The molecule has 0 saturated carbocycles. The first-order chi connectivity index (χ1) is 9.72. The van der Waals surface area contributed by atoms with Crippen LogP contribution in [0.1, 0.15) is 5.56 Å². The highest BCUT2D eigenvalue weighted by Gasteiger charge is 2.07. The van der Waals surface area contributed by atoms with Crippen molar-refractivity contribution in [2.24, 2.45) is 0 Å². The van der Waals surface area contributed by atoms with Crippen LogP contribution in [0, 0.1) is 12.7 Å². The van der Waals surface area contributed by atoms with Gasteiger partial charge in [0.1, 0.15) is 5.82 Å². The van der Waals surface area contributed by atoms with Gasteiger partial charge in [-0.3, -0.25) is 0 Å². The molecule has 3 rings (SSSR count). The molecule has 1 aromatic heterocycles. The van der Waals surface area contributed by atoms with Crippen molar-refractivity contribution in [2.45, 2.75) is 6.92 Å². The van der Waals surface area contributed by atoms with Crippen LogP contribution in [0.15, 0.2) is 59.1 Å². The van der Waals surface area contributed by atoms with E-state index in [1.54, 1.807) is 25.3 Å². The first-order valence-electron chi connectivity index (χ1n) is 6.27. The highest BCUT2D eigenvalue weighted by atomic mass is 19.1. The average Bonchev–Trinajstić information content (AvgIpc) is 2.92. The lowest BCUT2D eigenvalue weighted by molar-refractivity contribution is 0.591. The molecule has 0 aliphatic carbocycles. The zero-order chi connectivity index (χ0) is 13.9. The van der Waals surface area contributed by atoms with E-state index in [1.165, 1.54) is 6.07 Å². The topological polar surface area (TPSA) is 38.1 Å². The van der Waals surface area contributed by atoms with Crippen LogP contribution in [0.4, 0.5) is 16.1 Å². The van der Waals surface area contributed by atoms with E-state index in [0.29, 0.717) is 23.0 Å². The van der Waals surface area contributed by atoms with Crippen LogP contribution >= 0.6 is 0 Å². The van der Waals surface area contributed by atoms with E-state index in [4.69, 9.17) is 4.42 Å². The standard InChI is InChI=1S/C16H13FN2O/c1-11-7-8-13(9-14(11)17)19-16-18-10-15(20-16)12-5-3-2-4-6-12/h2-10H,1H3,(H,18,19). The Labute approximate surface area is 116 Å². The van der Waals surface area contributed by atoms with E-state index in [0.717, 1.165) is 5.56 Å². The Balaban J connectivity index is 1.82. The van der Waals surface area contributed by atoms with Gasteiger partial charge < -0.3 is 9.73 Å². The molecule has 0 saturated heterocycles. The molecule has 0 bridgehead atoms. The monoisotopic (exact) mass is 268 g/mol. The van der Waals surface area contributed by atoms with Gasteiger partial charge in [-0.2, -0.15) is 0 Å². The maximum absolute atomic E-state index is 13.5. The molecular formula is C16H13FN2O. The highest BCUT2D eigenvalue weighted by Crippen LogP contribution is 2.24. The summed E-state index contributed by atoms with van der Waals surface area (Å²) in [5.41, 5.74) is 2.16. The second-order valence-corrected chi connectivity index (χ2v) is 4.48. The fourth-order valence-corrected chi connectivity index (χ4v) is 1.86. The summed E-state index contributed by atoms with van der Waals surface area (Å²) >= 11 is 0. The first-order valence-corrected chi connectivity index (χ1v) is 6.27. The maximum Gasteiger partial charge on any atom is 0.299 e. The van der Waals surface area contributed by atoms with Crippen LogP contribution in [0.2, 0.25) is 0 Å². The average molecular weight is 268 g/mol. The predicted molar refractivity (Wildman–Crippen MR) is 76.4 cm³/mol. The second kappa shape index (κ2) is 5.17. The highest BCUT2D eigenvalue weighted by molar-refractivity contribution is 5.59. The van der Waals surface area contributed by atoms with Crippen molar-refractivity contribution in [1.29, 1.82) is 0 Å². The van der Waals surface area contributed by atoms with Gasteiger partial charge in [-0.05, 0) is 24.6 Å². The normalized spacial score (nSPS) is 10.5. The van der Waals surface area contributed by atoms with Crippen LogP contribution in [0.25, 0.3) is 11.3 Å². The molecule has 0 spiro atoms. The van der Waals surface area contributed by atoms with E-state index in [9.17, 15) is 4.39 Å². The quantitative estimate of drug-likeness (QED) is 0.758. The fourth-order valence-electron chi connectivity index (χ4n) is 1.86. The Kier molecular flexibility index (Phi) is 3.21. The molecule has 0 amide bonds. The first kappa shape index (κ1) is 12.4. The fraction of sp³-hybridized carbons (Fsp3) is 0.0625. The molecule has 20 heavy (non-hydrogen) atoms. The minimum atomic E-state index is -0.259. The van der Waals surface area contributed by atoms with Gasteiger partial charge in [0.25, 0.3) is 6.01 Å². The third kappa shape index (κ3) is 2.54. The molecule has 2 aromatic carbocycles. The molecule has 1 heterocycles. The third-order valence-electron chi connectivity index (χ3n) is 2.99. The Morgan fingerprint density at radius 3 is 2.65 bits per heavy atom. The molecule has 100 valence electrons. The zero-order valence-electron chi connectivity index (χ0n) is 10.9. The molecule has 0 aliphatic heterocycles. The van der Waals surface area contributed by atoms with Crippen LogP contribution in [0.3, 0.4) is 0 Å². The molecule has 1 N–H and O–H groups in total. The molecular weight excluding hydrogens is 255 g/mol. The predicted octanol–water partition coefficient (Wildman–Crippen LogP) is 4.53. The minimum absolute atomic E-state index is 0.259. The summed E-state index contributed by atoms with van der Waals surface area (Å²) in [6.45, 7) is 1.72. The van der Waals surface area contributed by atoms with Gasteiger partial charge in [0.2, 0.25) is 0 Å². The van der Waals surface area contributed by atoms with E-state index in [2.05, 4.69) is 10.3 Å². The Morgan fingerprint density at radius 1 is 1.10 bits per heavy atom. The summed E-state index contributed by atoms with van der Waals surface area (Å²) in [6.07, 6.45) is 1.64. The molecule has 0 aliphatic rings. The van der Waals surface area contributed by atoms with Gasteiger partial charge in [-0.15, -0.1) is 0 Å². The van der Waals surface area contributed by atoms with E-state index in [1.807, 2.05) is 30.3 Å². The molecule has 0 fully saturated rings. The molecule has 0 atom stereocenters. The lowest BCUT2D eigenvalue weighted by Gasteiger charge is -2.03. The Morgan fingerprint density at radius 2 is 1.90 bits per heavy atom. The van der Waals surface area contributed by atoms with Crippen molar-refractivity contribution in [3.05, 3.63) is 66.1 Å². The van der Waals surface area contributed by atoms with Crippen molar-refractivity contribution in [1.82, 2.24) is 4.98 Å². The van der Waals surface area contributed by atoms with Gasteiger partial charge in [-0.1, -0.05) is 36.4 Å². The van der Waals surface area contributed by atoms with Crippen molar-refractivity contribution < 1.29 is 8.81 Å². The van der Waals surface area contributed by atoms with E-state index < -0.39 is 0 Å². The van der Waals surface area contributed by atoms with Crippen LogP contribution in [-0.4, -0.2) is 4.98 Å². The van der Waals surface area contributed by atoms with E-state index >= 15 is 0 Å². The van der Waals surface area contributed by atoms with Gasteiger partial charge in [-0.25, -0.2) is 9.37 Å². The number of hydrogen-bond acceptors (Lipinski definition) is 3. The summed E-state index contributed by atoms with van der Waals surface area (Å²) in [5, 5.41) is 2.94. The molecule has 0 unspecified atom stereocenters. The van der Waals surface area contributed by atoms with E-state index in [-0.39, 0.29) is 5.82 Å². The Bertz CT molecular complexity index is 722. The smallest absolute Gasteiger partial charge is 0.299 e. The lowest BCUT2D eigenvalue weighted by atomic mass is 10.2. The largest absolute Gasteiger partial charge is 0.423 e. The van der Waals surface area contributed by atoms with Gasteiger partial charge >= 0.3 is 0 Å². The number of aromatic nitrogens is 1. The zero-order valence-corrected chi connectivity index (χ0v) is 10.9. The summed E-state index contributed by atoms with van der Waals surface area (Å²) in [4.78, 5) is 4.14. The Hall–Kier alpha value is -2.62. The minimum Gasteiger partial charge on any atom is -0.423 e. The summed E-state index contributed by atoms with van der Waals surface area (Å²) < 4.78 is 19.1. The SMILES string of the molecule is Cc1ccc(Nc2ncc(-c3ccccc3)o2)cc1F. The molecule has 3 nitrogen and oxygen atoms in total. The second-order valence-electron chi connectivity index (χ2n) is 4.48. The molecule has 3 aromatic rings. The number of aryl methyl sites for hydroxylation is 1. The van der Waals surface area contributed by atoms with Gasteiger partial charge in [0.15, 0.2) is 5.76 Å². The number of benzene rings is 2. The number of rotatable bonds is 3. The van der Waals surface area contributed by atoms with Crippen LogP contribution < -0.4 is 5.32 Å². The van der Waals surface area contributed by atoms with Gasteiger partial charge in [0.05, 0.1) is 6.20 Å². The summed E-state index contributed by atoms with van der Waals surface area (Å²) in [5.74, 6) is 0.408. The van der Waals surface area contributed by atoms with Crippen LogP contribution in [0.5, 0.6) is 0 Å². The van der Waals surface area contributed by atoms with Gasteiger partial charge in [0, 0.05) is 11.3 Å². The number of nitrogens with one attached hydrogen (secondary N) is 1. The molecule has 0 radical (unpaired) electrons. The van der Waals surface area contributed by atoms with Crippen molar-refractivity contribution >= 4 is 11.7 Å². The number of anilines is 2. The lowest BCUT2D eigenvalue weighted by Crippen LogP contribution is -1.92. The van der Waals surface area contributed by atoms with Crippen molar-refractivity contribution in [3.8, 4) is 11.3 Å². The maximum atomic E-state index is 13.5. The van der Waals surface area contributed by atoms with Crippen molar-refractivity contribution in [2.75, 3.05) is 5.32 Å². The third-order valence-corrected chi connectivity index (χ3v) is 2.99. The summed E-state index contributed by atoms with van der Waals surface area (Å²) in [7, 11) is 0. The summed E-state index contributed by atoms with van der Waals surface area (Å²) in [6, 6.07) is 14.9. The molecule has 4 heteroatoms.